The van der Waals surface area contributed by atoms with Gasteiger partial charge in [-0.25, -0.2) is 9.99 Å². The Morgan fingerprint density at radius 1 is 0.743 bits per heavy atom. The highest BCUT2D eigenvalue weighted by Crippen LogP contribution is 2.27. The van der Waals surface area contributed by atoms with Gasteiger partial charge in [0.05, 0.1) is 31.5 Å². The van der Waals surface area contributed by atoms with Gasteiger partial charge in [0.15, 0.2) is 0 Å². The third-order valence-corrected chi connectivity index (χ3v) is 6.00. The summed E-state index contributed by atoms with van der Waals surface area (Å²) in [7, 11) is 3.35. The first-order valence-electron chi connectivity index (χ1n) is 11.6. The minimum absolute atomic E-state index is 0.0567. The quantitative estimate of drug-likeness (QED) is 0.311. The Morgan fingerprint density at radius 2 is 1.40 bits per heavy atom. The first-order valence-corrected chi connectivity index (χ1v) is 11.6. The van der Waals surface area contributed by atoms with Gasteiger partial charge >= 0.3 is 0 Å². The van der Waals surface area contributed by atoms with Crippen LogP contribution >= 0.6 is 0 Å². The van der Waals surface area contributed by atoms with Crippen LogP contribution in [0.1, 0.15) is 17.5 Å². The number of pyridine rings is 1. The zero-order valence-corrected chi connectivity index (χ0v) is 19.8. The van der Waals surface area contributed by atoms with Gasteiger partial charge in [-0.2, -0.15) is 5.10 Å². The molecule has 1 atom stereocenters. The van der Waals surface area contributed by atoms with E-state index in [9.17, 15) is 0 Å². The number of methoxy groups -OCH3 is 2. The molecule has 1 aromatic heterocycles. The van der Waals surface area contributed by atoms with Crippen molar-refractivity contribution < 1.29 is 9.47 Å². The Kier molecular flexibility index (Phi) is 6.57. The van der Waals surface area contributed by atoms with E-state index in [2.05, 4.69) is 36.4 Å². The molecule has 0 amide bonds. The second-order valence-electron chi connectivity index (χ2n) is 8.31. The molecular weight excluding hydrogens is 434 g/mol. The van der Waals surface area contributed by atoms with Crippen molar-refractivity contribution in [2.45, 2.75) is 12.5 Å². The molecule has 0 saturated heterocycles. The summed E-state index contributed by atoms with van der Waals surface area (Å²) in [5, 5.41) is 8.07. The molecule has 0 radical (unpaired) electrons. The lowest BCUT2D eigenvalue weighted by Gasteiger charge is -2.20. The van der Waals surface area contributed by atoms with Crippen LogP contribution in [0.3, 0.4) is 0 Å². The molecule has 3 aromatic carbocycles. The van der Waals surface area contributed by atoms with Crippen LogP contribution in [0.25, 0.3) is 23.1 Å². The highest BCUT2D eigenvalue weighted by atomic mass is 16.5. The number of nitrogens with zero attached hydrogens (tertiary/aromatic N) is 3. The molecule has 0 N–H and O–H groups in total. The van der Waals surface area contributed by atoms with E-state index in [1.165, 1.54) is 0 Å². The molecule has 0 aliphatic carbocycles. The van der Waals surface area contributed by atoms with Crippen molar-refractivity contribution in [1.82, 2.24) is 4.98 Å². The molecule has 35 heavy (non-hydrogen) atoms. The van der Waals surface area contributed by atoms with E-state index in [1.54, 1.807) is 14.2 Å². The van der Waals surface area contributed by atoms with E-state index < -0.39 is 0 Å². The molecule has 0 saturated carbocycles. The van der Waals surface area contributed by atoms with Gasteiger partial charge in [0.2, 0.25) is 0 Å². The van der Waals surface area contributed by atoms with Crippen molar-refractivity contribution in [3.05, 3.63) is 108 Å². The second kappa shape index (κ2) is 10.3. The lowest BCUT2D eigenvalue weighted by Crippen LogP contribution is -2.24. The molecule has 1 aliphatic rings. The van der Waals surface area contributed by atoms with Crippen LogP contribution in [0.5, 0.6) is 11.5 Å². The van der Waals surface area contributed by atoms with Crippen molar-refractivity contribution in [2.75, 3.05) is 19.2 Å². The van der Waals surface area contributed by atoms with Crippen molar-refractivity contribution in [1.29, 1.82) is 0 Å². The first kappa shape index (κ1) is 22.4. The highest BCUT2D eigenvalue weighted by Gasteiger charge is 2.25. The molecule has 0 bridgehead atoms. The van der Waals surface area contributed by atoms with Crippen LogP contribution in [0.4, 0.5) is 5.82 Å². The van der Waals surface area contributed by atoms with Gasteiger partial charge in [0.25, 0.3) is 0 Å². The molecule has 174 valence electrons. The largest absolute Gasteiger partial charge is 0.497 e. The maximum Gasteiger partial charge on any atom is 0.150 e. The van der Waals surface area contributed by atoms with Gasteiger partial charge in [-0.05, 0) is 59.7 Å². The van der Waals surface area contributed by atoms with E-state index in [-0.39, 0.29) is 6.04 Å². The van der Waals surface area contributed by atoms with Gasteiger partial charge in [-0.1, -0.05) is 60.7 Å². The third-order valence-electron chi connectivity index (χ3n) is 6.00. The van der Waals surface area contributed by atoms with Crippen molar-refractivity contribution >= 4 is 34.6 Å². The summed E-state index contributed by atoms with van der Waals surface area (Å²) in [6, 6.07) is 28.4. The fourth-order valence-corrected chi connectivity index (χ4v) is 4.05. The number of benzene rings is 3. The van der Waals surface area contributed by atoms with E-state index in [4.69, 9.17) is 19.6 Å². The van der Waals surface area contributed by atoms with Crippen LogP contribution in [0, 0.1) is 0 Å². The van der Waals surface area contributed by atoms with E-state index in [0.29, 0.717) is 0 Å². The Hall–Kier alpha value is -4.38. The van der Waals surface area contributed by atoms with Gasteiger partial charge in [0, 0.05) is 11.8 Å². The maximum atomic E-state index is 5.27. The van der Waals surface area contributed by atoms with Gasteiger partial charge in [-0.3, -0.25) is 0 Å². The van der Waals surface area contributed by atoms with Crippen molar-refractivity contribution in [3.8, 4) is 11.5 Å². The molecule has 5 rings (SSSR count). The van der Waals surface area contributed by atoms with Crippen LogP contribution < -0.4 is 14.5 Å². The normalized spacial score (nSPS) is 15.8. The Morgan fingerprint density at radius 3 is 2.09 bits per heavy atom. The van der Waals surface area contributed by atoms with Crippen LogP contribution in [0.2, 0.25) is 0 Å². The van der Waals surface area contributed by atoms with Crippen molar-refractivity contribution in [2.24, 2.45) is 5.10 Å². The SMILES string of the molecule is COc1ccc(C=CC2=NN(c3ccc4ccccc4n3)C(C=Cc3ccc(OC)cc3)C2)cc1. The number of hydrogen-bond donors (Lipinski definition) is 0. The number of hydrogen-bond acceptors (Lipinski definition) is 5. The van der Waals surface area contributed by atoms with E-state index in [0.717, 1.165) is 51.5 Å². The number of rotatable bonds is 7. The smallest absolute Gasteiger partial charge is 0.150 e. The zero-order chi connectivity index (χ0) is 24.0. The van der Waals surface area contributed by atoms with Gasteiger partial charge in [-0.15, -0.1) is 0 Å². The van der Waals surface area contributed by atoms with E-state index in [1.807, 2.05) is 77.8 Å². The fraction of sp³-hybridized carbons (Fsp3) is 0.133. The maximum absolute atomic E-state index is 5.27. The number of anilines is 1. The Balaban J connectivity index is 1.42. The van der Waals surface area contributed by atoms with Crippen LogP contribution in [-0.4, -0.2) is 31.0 Å². The summed E-state index contributed by atoms with van der Waals surface area (Å²) >= 11 is 0. The molecule has 5 nitrogen and oxygen atoms in total. The topological polar surface area (TPSA) is 47.0 Å². The first-order chi connectivity index (χ1) is 17.2. The minimum atomic E-state index is 0.0567. The van der Waals surface area contributed by atoms with Gasteiger partial charge in [0.1, 0.15) is 17.3 Å². The van der Waals surface area contributed by atoms with Crippen LogP contribution in [-0.2, 0) is 0 Å². The molecule has 0 spiro atoms. The molecule has 5 heteroatoms. The number of fused-ring (bicyclic) bond motifs is 1. The van der Waals surface area contributed by atoms with Crippen molar-refractivity contribution in [3.63, 3.8) is 0 Å². The summed E-state index contributed by atoms with van der Waals surface area (Å²) in [6.45, 7) is 0. The summed E-state index contributed by atoms with van der Waals surface area (Å²) < 4.78 is 10.5. The predicted molar refractivity (Wildman–Crippen MR) is 144 cm³/mol. The summed E-state index contributed by atoms with van der Waals surface area (Å²) in [6.07, 6.45) is 9.27. The summed E-state index contributed by atoms with van der Waals surface area (Å²) in [4.78, 5) is 4.89. The number of hydrazone groups is 1. The summed E-state index contributed by atoms with van der Waals surface area (Å²) in [5.74, 6) is 2.53. The Labute approximate surface area is 205 Å². The number of ether oxygens (including phenoxy) is 2. The zero-order valence-electron chi connectivity index (χ0n) is 19.8. The van der Waals surface area contributed by atoms with Gasteiger partial charge < -0.3 is 9.47 Å². The van der Waals surface area contributed by atoms with Crippen LogP contribution in [0.15, 0.2) is 102 Å². The molecule has 0 fully saturated rings. The molecular formula is C30H27N3O2. The second-order valence-corrected chi connectivity index (χ2v) is 8.31. The lowest BCUT2D eigenvalue weighted by atomic mass is 10.1. The molecule has 4 aromatic rings. The number of allylic oxidation sites excluding steroid dienone is 1. The molecule has 1 aliphatic heterocycles. The molecule has 2 heterocycles. The minimum Gasteiger partial charge on any atom is -0.497 e. The lowest BCUT2D eigenvalue weighted by molar-refractivity contribution is 0.414. The highest BCUT2D eigenvalue weighted by molar-refractivity contribution is 6.01. The standard InChI is InChI=1S/C30H27N3O2/c1-34-27-16-9-22(10-17-27)7-14-25-21-26(15-8-23-11-18-28(35-2)19-12-23)33(32-25)30-20-13-24-5-3-4-6-29(24)31-30/h3-20,26H,21H2,1-2H3. The predicted octanol–water partition coefficient (Wildman–Crippen LogP) is 6.61. The average molecular weight is 462 g/mol. The number of aromatic nitrogens is 1. The third kappa shape index (κ3) is 5.25. The summed E-state index contributed by atoms with van der Waals surface area (Å²) in [5.41, 5.74) is 4.17. The molecule has 1 unspecified atom stereocenters. The van der Waals surface area contributed by atoms with E-state index >= 15 is 0 Å². The fourth-order valence-electron chi connectivity index (χ4n) is 4.05. The Bertz CT molecular complexity index is 1390. The average Bonchev–Trinajstić information content (AvgIpc) is 3.34. The number of para-hydroxylation sites is 1. The monoisotopic (exact) mass is 461 g/mol.